The Bertz CT molecular complexity index is 731. The number of carbonyl (C=O) groups is 1. The lowest BCUT2D eigenvalue weighted by atomic mass is 10.0. The summed E-state index contributed by atoms with van der Waals surface area (Å²) in [7, 11) is 1.63. The largest absolute Gasteiger partial charge is 0.497 e. The zero-order valence-electron chi connectivity index (χ0n) is 15.5. The molecule has 1 aliphatic rings. The normalized spacial score (nSPS) is 15.0. The van der Waals surface area contributed by atoms with Crippen LogP contribution < -0.4 is 10.1 Å². The predicted octanol–water partition coefficient (Wildman–Crippen LogP) is 4.27. The number of halogens is 2. The van der Waals surface area contributed by atoms with Crippen molar-refractivity contribution in [2.45, 2.75) is 25.3 Å². The van der Waals surface area contributed by atoms with Crippen LogP contribution in [0.4, 0.5) is 0 Å². The molecule has 1 atom stereocenters. The monoisotopic (exact) mass is 408 g/mol. The minimum absolute atomic E-state index is 0. The summed E-state index contributed by atoms with van der Waals surface area (Å²) < 4.78 is 5.15. The molecule has 0 bridgehead atoms. The maximum atomic E-state index is 12.4. The number of hydrogen-bond donors (Lipinski definition) is 1. The lowest BCUT2D eigenvalue weighted by molar-refractivity contribution is -0.120. The zero-order valence-corrected chi connectivity index (χ0v) is 17.1. The first-order valence-corrected chi connectivity index (χ1v) is 9.43. The van der Waals surface area contributed by atoms with Gasteiger partial charge in [-0.25, -0.2) is 0 Å². The van der Waals surface area contributed by atoms with Crippen molar-refractivity contribution in [3.63, 3.8) is 0 Å². The fourth-order valence-electron chi connectivity index (χ4n) is 3.44. The van der Waals surface area contributed by atoms with Gasteiger partial charge in [0.2, 0.25) is 5.91 Å². The van der Waals surface area contributed by atoms with Crippen LogP contribution >= 0.6 is 24.0 Å². The van der Waals surface area contributed by atoms with Crippen LogP contribution in [-0.4, -0.2) is 37.6 Å². The lowest BCUT2D eigenvalue weighted by Gasteiger charge is -2.29. The van der Waals surface area contributed by atoms with E-state index in [2.05, 4.69) is 16.3 Å². The van der Waals surface area contributed by atoms with Crippen molar-refractivity contribution < 1.29 is 9.53 Å². The molecule has 0 spiro atoms. The van der Waals surface area contributed by atoms with Crippen LogP contribution in [0.2, 0.25) is 5.02 Å². The number of ether oxygens (including phenoxy) is 1. The molecule has 27 heavy (non-hydrogen) atoms. The molecule has 1 heterocycles. The van der Waals surface area contributed by atoms with Gasteiger partial charge in [-0.1, -0.05) is 41.9 Å². The first-order chi connectivity index (χ1) is 12.7. The number of likely N-dealkylation sites (tertiary alicyclic amines) is 1. The molecule has 3 rings (SSSR count). The van der Waals surface area contributed by atoms with E-state index in [0.717, 1.165) is 35.0 Å². The zero-order chi connectivity index (χ0) is 18.4. The Kier molecular flexibility index (Phi) is 8.42. The number of nitrogens with one attached hydrogen (secondary N) is 1. The molecule has 0 aromatic heterocycles. The third-order valence-electron chi connectivity index (χ3n) is 4.86. The average molecular weight is 409 g/mol. The van der Waals surface area contributed by atoms with Crippen LogP contribution in [0.25, 0.3) is 0 Å². The first-order valence-electron chi connectivity index (χ1n) is 9.05. The highest BCUT2D eigenvalue weighted by molar-refractivity contribution is 6.31. The van der Waals surface area contributed by atoms with Crippen molar-refractivity contribution in [3.05, 3.63) is 64.7 Å². The van der Waals surface area contributed by atoms with Gasteiger partial charge in [0.1, 0.15) is 5.75 Å². The SMILES string of the molecule is COc1ccc(CC(=O)NCC(c2ccccc2Cl)N2CCCC2)cc1.Cl. The molecule has 1 aliphatic heterocycles. The molecule has 146 valence electrons. The van der Waals surface area contributed by atoms with E-state index in [0.29, 0.717) is 13.0 Å². The number of amides is 1. The lowest BCUT2D eigenvalue weighted by Crippen LogP contribution is -2.37. The van der Waals surface area contributed by atoms with Crippen molar-refractivity contribution in [2.24, 2.45) is 0 Å². The Hall–Kier alpha value is -1.75. The molecule has 1 unspecified atom stereocenters. The molecule has 2 aromatic carbocycles. The second-order valence-corrected chi connectivity index (χ2v) is 7.02. The molecule has 2 aromatic rings. The van der Waals surface area contributed by atoms with Crippen LogP contribution in [-0.2, 0) is 11.2 Å². The third-order valence-corrected chi connectivity index (χ3v) is 5.21. The Balaban J connectivity index is 0.00000261. The summed E-state index contributed by atoms with van der Waals surface area (Å²) in [6, 6.07) is 15.6. The highest BCUT2D eigenvalue weighted by Gasteiger charge is 2.25. The van der Waals surface area contributed by atoms with Gasteiger partial charge in [0.25, 0.3) is 0 Å². The van der Waals surface area contributed by atoms with Gasteiger partial charge < -0.3 is 10.1 Å². The van der Waals surface area contributed by atoms with Crippen LogP contribution in [0.15, 0.2) is 48.5 Å². The van der Waals surface area contributed by atoms with E-state index in [9.17, 15) is 4.79 Å². The highest BCUT2D eigenvalue weighted by atomic mass is 35.5. The molecule has 1 fully saturated rings. The number of nitrogens with zero attached hydrogens (tertiary/aromatic N) is 1. The summed E-state index contributed by atoms with van der Waals surface area (Å²) in [6.45, 7) is 2.66. The average Bonchev–Trinajstić information content (AvgIpc) is 3.18. The molecule has 1 saturated heterocycles. The van der Waals surface area contributed by atoms with Crippen molar-refractivity contribution in [3.8, 4) is 5.75 Å². The van der Waals surface area contributed by atoms with Gasteiger partial charge in [-0.3, -0.25) is 9.69 Å². The number of methoxy groups -OCH3 is 1. The van der Waals surface area contributed by atoms with E-state index in [1.807, 2.05) is 42.5 Å². The predicted molar refractivity (Wildman–Crippen MR) is 112 cm³/mol. The molecule has 0 saturated carbocycles. The van der Waals surface area contributed by atoms with E-state index in [1.165, 1.54) is 12.8 Å². The minimum Gasteiger partial charge on any atom is -0.497 e. The molecule has 1 N–H and O–H groups in total. The smallest absolute Gasteiger partial charge is 0.224 e. The quantitative estimate of drug-likeness (QED) is 0.743. The molecular weight excluding hydrogens is 383 g/mol. The van der Waals surface area contributed by atoms with Gasteiger partial charge in [-0.05, 0) is 55.3 Å². The first kappa shape index (κ1) is 21.5. The Morgan fingerprint density at radius 1 is 1.15 bits per heavy atom. The summed E-state index contributed by atoms with van der Waals surface area (Å²) in [5, 5.41) is 3.85. The van der Waals surface area contributed by atoms with Crippen molar-refractivity contribution in [2.75, 3.05) is 26.7 Å². The van der Waals surface area contributed by atoms with Gasteiger partial charge in [0, 0.05) is 11.6 Å². The Labute approximate surface area is 172 Å². The van der Waals surface area contributed by atoms with E-state index in [4.69, 9.17) is 16.3 Å². The summed E-state index contributed by atoms with van der Waals surface area (Å²) in [5.41, 5.74) is 2.06. The van der Waals surface area contributed by atoms with Gasteiger partial charge >= 0.3 is 0 Å². The third kappa shape index (κ3) is 5.86. The number of rotatable bonds is 7. The molecule has 1 amide bonds. The molecule has 0 radical (unpaired) electrons. The van der Waals surface area contributed by atoms with Crippen LogP contribution in [0.1, 0.15) is 30.0 Å². The van der Waals surface area contributed by atoms with E-state index >= 15 is 0 Å². The number of benzene rings is 2. The summed E-state index contributed by atoms with van der Waals surface area (Å²) in [4.78, 5) is 14.8. The number of carbonyl (C=O) groups excluding carboxylic acids is 1. The summed E-state index contributed by atoms with van der Waals surface area (Å²) in [5.74, 6) is 0.813. The van der Waals surface area contributed by atoms with E-state index < -0.39 is 0 Å². The minimum atomic E-state index is 0. The molecular formula is C21H26Cl2N2O2. The molecule has 0 aliphatic carbocycles. The van der Waals surface area contributed by atoms with Crippen molar-refractivity contribution in [1.82, 2.24) is 10.2 Å². The van der Waals surface area contributed by atoms with E-state index in [1.54, 1.807) is 7.11 Å². The van der Waals surface area contributed by atoms with Crippen LogP contribution in [0, 0.1) is 0 Å². The maximum Gasteiger partial charge on any atom is 0.224 e. The Morgan fingerprint density at radius 3 is 2.44 bits per heavy atom. The van der Waals surface area contributed by atoms with Crippen LogP contribution in [0.5, 0.6) is 5.75 Å². The van der Waals surface area contributed by atoms with Gasteiger partial charge in [0.05, 0.1) is 19.6 Å². The van der Waals surface area contributed by atoms with Crippen molar-refractivity contribution >= 4 is 29.9 Å². The van der Waals surface area contributed by atoms with Gasteiger partial charge in [-0.2, -0.15) is 0 Å². The van der Waals surface area contributed by atoms with E-state index in [-0.39, 0.29) is 24.4 Å². The fourth-order valence-corrected chi connectivity index (χ4v) is 3.70. The molecule has 4 nitrogen and oxygen atoms in total. The maximum absolute atomic E-state index is 12.4. The number of hydrogen-bond acceptors (Lipinski definition) is 3. The standard InChI is InChI=1S/C21H25ClN2O2.ClH/c1-26-17-10-8-16(9-11-17)14-21(25)23-15-20(24-12-4-5-13-24)18-6-2-3-7-19(18)22;/h2-3,6-11,20H,4-5,12-15H2,1H3,(H,23,25);1H. The second kappa shape index (κ2) is 10.5. The topological polar surface area (TPSA) is 41.6 Å². The Morgan fingerprint density at radius 2 is 1.81 bits per heavy atom. The fraction of sp³-hybridized carbons (Fsp3) is 0.381. The van der Waals surface area contributed by atoms with Gasteiger partial charge in [-0.15, -0.1) is 12.4 Å². The summed E-state index contributed by atoms with van der Waals surface area (Å²) in [6.07, 6.45) is 2.75. The highest BCUT2D eigenvalue weighted by Crippen LogP contribution is 2.29. The van der Waals surface area contributed by atoms with Crippen LogP contribution in [0.3, 0.4) is 0 Å². The van der Waals surface area contributed by atoms with Gasteiger partial charge in [0.15, 0.2) is 0 Å². The molecule has 6 heteroatoms. The second-order valence-electron chi connectivity index (χ2n) is 6.61. The summed E-state index contributed by atoms with van der Waals surface area (Å²) >= 11 is 6.42. The van der Waals surface area contributed by atoms with Crippen molar-refractivity contribution in [1.29, 1.82) is 0 Å².